The first-order valence-corrected chi connectivity index (χ1v) is 15.9. The highest BCUT2D eigenvalue weighted by Gasteiger charge is 2.18. The van der Waals surface area contributed by atoms with E-state index in [1.54, 1.807) is 22.7 Å². The molecule has 5 heteroatoms. The molecule has 0 atom stereocenters. The second-order valence-electron chi connectivity index (χ2n) is 12.9. The standard InChI is InChI=1S/C37H36N2OS2/c1-23-31(40-29-10-8-9-25(19-29)30-21-28(16-18-38-30)37(5,6)7)22-33(41-23)34-35-26(15-17-39-34)20-32(42-35)24-11-13-27(14-12-24)36(2,3)4/h8-22H,1-7H3. The number of thiophene rings is 2. The van der Waals surface area contributed by atoms with Crippen LogP contribution in [0.2, 0.25) is 0 Å². The molecule has 0 saturated heterocycles. The first-order valence-electron chi connectivity index (χ1n) is 14.3. The summed E-state index contributed by atoms with van der Waals surface area (Å²) >= 11 is 3.53. The van der Waals surface area contributed by atoms with Crippen molar-refractivity contribution in [2.24, 2.45) is 0 Å². The van der Waals surface area contributed by atoms with Gasteiger partial charge in [0.2, 0.25) is 0 Å². The van der Waals surface area contributed by atoms with Crippen LogP contribution in [-0.4, -0.2) is 9.97 Å². The Balaban J connectivity index is 1.29. The zero-order valence-corrected chi connectivity index (χ0v) is 26.9. The summed E-state index contributed by atoms with van der Waals surface area (Å²) in [6.45, 7) is 15.5. The first-order chi connectivity index (χ1) is 20.0. The number of rotatable bonds is 5. The summed E-state index contributed by atoms with van der Waals surface area (Å²) in [5.74, 6) is 1.66. The Hall–Kier alpha value is -3.80. The lowest BCUT2D eigenvalue weighted by Crippen LogP contribution is -2.11. The number of benzene rings is 2. The van der Waals surface area contributed by atoms with Crippen LogP contribution in [0.5, 0.6) is 11.5 Å². The van der Waals surface area contributed by atoms with Crippen LogP contribution in [0.15, 0.2) is 91.3 Å². The maximum absolute atomic E-state index is 6.45. The lowest BCUT2D eigenvalue weighted by Gasteiger charge is -2.19. The average Bonchev–Trinajstić information content (AvgIpc) is 3.56. The van der Waals surface area contributed by atoms with E-state index < -0.39 is 0 Å². The average molecular weight is 589 g/mol. The molecule has 4 aromatic heterocycles. The Morgan fingerprint density at radius 1 is 0.643 bits per heavy atom. The third kappa shape index (κ3) is 5.77. The molecule has 0 radical (unpaired) electrons. The molecule has 0 amide bonds. The van der Waals surface area contributed by atoms with E-state index in [1.165, 1.54) is 31.7 Å². The molecule has 3 nitrogen and oxygen atoms in total. The van der Waals surface area contributed by atoms with Crippen LogP contribution >= 0.6 is 22.7 Å². The van der Waals surface area contributed by atoms with E-state index in [0.29, 0.717) is 0 Å². The van der Waals surface area contributed by atoms with Gasteiger partial charge in [-0.15, -0.1) is 22.7 Å². The Morgan fingerprint density at radius 2 is 1.38 bits per heavy atom. The molecule has 0 unspecified atom stereocenters. The summed E-state index contributed by atoms with van der Waals surface area (Å²) in [5, 5.41) is 1.21. The number of pyridine rings is 2. The Bertz CT molecular complexity index is 1880. The molecule has 6 rings (SSSR count). The van der Waals surface area contributed by atoms with E-state index in [0.717, 1.165) is 38.2 Å². The molecule has 0 aliphatic rings. The number of hydrogen-bond donors (Lipinski definition) is 0. The molecule has 0 saturated carbocycles. The number of fused-ring (bicyclic) bond motifs is 1. The molecule has 0 aliphatic heterocycles. The third-order valence-corrected chi connectivity index (χ3v) is 9.80. The van der Waals surface area contributed by atoms with Crippen LogP contribution in [0.1, 0.15) is 57.5 Å². The fourth-order valence-electron chi connectivity index (χ4n) is 5.00. The van der Waals surface area contributed by atoms with Gasteiger partial charge in [-0.05, 0) is 76.2 Å². The predicted molar refractivity (Wildman–Crippen MR) is 180 cm³/mol. The summed E-state index contributed by atoms with van der Waals surface area (Å²) in [6.07, 6.45) is 3.80. The van der Waals surface area contributed by atoms with Gasteiger partial charge in [0, 0.05) is 33.8 Å². The zero-order valence-electron chi connectivity index (χ0n) is 25.3. The molecule has 212 valence electrons. The Kier molecular flexibility index (Phi) is 7.28. The highest BCUT2D eigenvalue weighted by molar-refractivity contribution is 7.23. The molecule has 2 aromatic carbocycles. The number of hydrogen-bond acceptors (Lipinski definition) is 5. The maximum atomic E-state index is 6.45. The van der Waals surface area contributed by atoms with Gasteiger partial charge in [0.1, 0.15) is 11.5 Å². The quantitative estimate of drug-likeness (QED) is 0.201. The van der Waals surface area contributed by atoms with Gasteiger partial charge in [-0.25, -0.2) is 0 Å². The monoisotopic (exact) mass is 588 g/mol. The highest BCUT2D eigenvalue weighted by atomic mass is 32.1. The van der Waals surface area contributed by atoms with Crippen molar-refractivity contribution >= 4 is 32.8 Å². The van der Waals surface area contributed by atoms with Crippen molar-refractivity contribution in [3.63, 3.8) is 0 Å². The second kappa shape index (κ2) is 10.8. The van der Waals surface area contributed by atoms with Crippen molar-refractivity contribution in [3.8, 4) is 43.8 Å². The van der Waals surface area contributed by atoms with E-state index in [-0.39, 0.29) is 10.8 Å². The molecule has 0 fully saturated rings. The van der Waals surface area contributed by atoms with E-state index in [9.17, 15) is 0 Å². The van der Waals surface area contributed by atoms with Crippen molar-refractivity contribution in [1.82, 2.24) is 9.97 Å². The summed E-state index contributed by atoms with van der Waals surface area (Å²) < 4.78 is 7.66. The highest BCUT2D eigenvalue weighted by Crippen LogP contribution is 2.43. The van der Waals surface area contributed by atoms with Gasteiger partial charge in [0.25, 0.3) is 0 Å². The van der Waals surface area contributed by atoms with Gasteiger partial charge in [-0.2, -0.15) is 0 Å². The summed E-state index contributed by atoms with van der Waals surface area (Å²) in [4.78, 5) is 13.0. The smallest absolute Gasteiger partial charge is 0.141 e. The van der Waals surface area contributed by atoms with Crippen molar-refractivity contribution in [3.05, 3.63) is 107 Å². The molecule has 0 aliphatic carbocycles. The fraction of sp³-hybridized carbons (Fsp3) is 0.243. The molecular weight excluding hydrogens is 553 g/mol. The van der Waals surface area contributed by atoms with Crippen LogP contribution in [0.25, 0.3) is 42.4 Å². The molecule has 42 heavy (non-hydrogen) atoms. The van der Waals surface area contributed by atoms with Gasteiger partial charge in [0.15, 0.2) is 0 Å². The molecule has 0 N–H and O–H groups in total. The zero-order chi connectivity index (χ0) is 29.6. The van der Waals surface area contributed by atoms with Crippen molar-refractivity contribution in [2.45, 2.75) is 59.3 Å². The minimum absolute atomic E-state index is 0.0626. The molecule has 0 spiro atoms. The minimum atomic E-state index is 0.0626. The SMILES string of the molecule is Cc1sc(-c2nccc3cc(-c4ccc(C(C)(C)C)cc4)sc23)cc1Oc1cccc(-c2cc(C(C)(C)C)ccn2)c1. The lowest BCUT2D eigenvalue weighted by molar-refractivity contribution is 0.482. The summed E-state index contributed by atoms with van der Waals surface area (Å²) in [6, 6.07) is 27.9. The first kappa shape index (κ1) is 28.3. The van der Waals surface area contributed by atoms with Crippen LogP contribution in [0.3, 0.4) is 0 Å². The molecule has 4 heterocycles. The fourth-order valence-corrected chi connectivity index (χ4v) is 7.18. The van der Waals surface area contributed by atoms with Gasteiger partial charge in [-0.3, -0.25) is 9.97 Å². The predicted octanol–water partition coefficient (Wildman–Crippen LogP) is 11.4. The minimum Gasteiger partial charge on any atom is -0.456 e. The van der Waals surface area contributed by atoms with E-state index in [1.807, 2.05) is 24.5 Å². The number of ether oxygens (including phenoxy) is 1. The van der Waals surface area contributed by atoms with Gasteiger partial charge >= 0.3 is 0 Å². The van der Waals surface area contributed by atoms with Crippen LogP contribution in [-0.2, 0) is 10.8 Å². The number of aryl methyl sites for hydroxylation is 1. The number of aromatic nitrogens is 2. The Morgan fingerprint density at radius 3 is 2.12 bits per heavy atom. The van der Waals surface area contributed by atoms with E-state index >= 15 is 0 Å². The van der Waals surface area contributed by atoms with Crippen molar-refractivity contribution < 1.29 is 4.74 Å². The van der Waals surface area contributed by atoms with E-state index in [4.69, 9.17) is 9.72 Å². The maximum Gasteiger partial charge on any atom is 0.141 e. The van der Waals surface area contributed by atoms with Crippen molar-refractivity contribution in [1.29, 1.82) is 0 Å². The molecular formula is C37H36N2OS2. The normalized spacial score (nSPS) is 12.2. The summed E-state index contributed by atoms with van der Waals surface area (Å²) in [7, 11) is 0. The third-order valence-electron chi connectivity index (χ3n) is 7.56. The lowest BCUT2D eigenvalue weighted by atomic mass is 9.86. The molecule has 6 aromatic rings. The Labute approximate surface area is 256 Å². The van der Waals surface area contributed by atoms with Gasteiger partial charge in [-0.1, -0.05) is 77.9 Å². The van der Waals surface area contributed by atoms with E-state index in [2.05, 4.69) is 120 Å². The van der Waals surface area contributed by atoms with Crippen LogP contribution in [0.4, 0.5) is 0 Å². The number of nitrogens with zero attached hydrogens (tertiary/aromatic N) is 2. The summed E-state index contributed by atoms with van der Waals surface area (Å²) in [5.41, 5.74) is 7.05. The van der Waals surface area contributed by atoms with Gasteiger partial charge in [0.05, 0.1) is 21.0 Å². The van der Waals surface area contributed by atoms with Crippen LogP contribution in [0, 0.1) is 6.92 Å². The van der Waals surface area contributed by atoms with Crippen molar-refractivity contribution in [2.75, 3.05) is 0 Å². The van der Waals surface area contributed by atoms with Gasteiger partial charge < -0.3 is 4.74 Å². The molecule has 0 bridgehead atoms. The second-order valence-corrected chi connectivity index (χ2v) is 15.2. The largest absolute Gasteiger partial charge is 0.456 e. The van der Waals surface area contributed by atoms with Crippen LogP contribution < -0.4 is 4.74 Å². The topological polar surface area (TPSA) is 35.0 Å².